The lowest BCUT2D eigenvalue weighted by molar-refractivity contribution is -0.198. The highest BCUT2D eigenvalue weighted by Crippen LogP contribution is 2.31. The van der Waals surface area contributed by atoms with Crippen LogP contribution in [0.3, 0.4) is 0 Å². The first-order valence-corrected chi connectivity index (χ1v) is 10.9. The number of halogens is 3. The summed E-state index contributed by atoms with van der Waals surface area (Å²) in [6.45, 7) is 10.1. The van der Waals surface area contributed by atoms with Gasteiger partial charge in [0.05, 0.1) is 12.2 Å². The molecule has 0 N–H and O–H groups in total. The summed E-state index contributed by atoms with van der Waals surface area (Å²) in [5.41, 5.74) is 0. The summed E-state index contributed by atoms with van der Waals surface area (Å²) < 4.78 is 46.3. The second-order valence-electron chi connectivity index (χ2n) is 9.01. The van der Waals surface area contributed by atoms with Crippen LogP contribution < -0.4 is 0 Å². The summed E-state index contributed by atoms with van der Waals surface area (Å²) in [5, 5.41) is 0. The molecular weight excluding hydrogens is 353 g/mol. The molecule has 1 unspecified atom stereocenters. The summed E-state index contributed by atoms with van der Waals surface area (Å²) in [6.07, 6.45) is 4.30. The summed E-state index contributed by atoms with van der Waals surface area (Å²) in [4.78, 5) is 3.62. The first-order chi connectivity index (χ1) is 12.7. The van der Waals surface area contributed by atoms with Crippen molar-refractivity contribution in [2.75, 3.05) is 26.2 Å². The molecule has 27 heavy (non-hydrogen) atoms. The van der Waals surface area contributed by atoms with Crippen LogP contribution in [0.25, 0.3) is 0 Å². The van der Waals surface area contributed by atoms with Crippen LogP contribution in [0.15, 0.2) is 0 Å². The van der Waals surface area contributed by atoms with Gasteiger partial charge in [-0.15, -0.1) is 0 Å². The molecule has 0 aromatic heterocycles. The monoisotopic (exact) mass is 392 g/mol. The lowest BCUT2D eigenvalue weighted by Gasteiger charge is -2.43. The molecule has 0 bridgehead atoms. The van der Waals surface area contributed by atoms with Crippen LogP contribution in [0, 0.1) is 5.92 Å². The van der Waals surface area contributed by atoms with Gasteiger partial charge in [0.1, 0.15) is 6.04 Å². The number of ether oxygens (including phenoxy) is 1. The van der Waals surface area contributed by atoms with Crippen molar-refractivity contribution in [3.05, 3.63) is 0 Å². The molecule has 1 saturated carbocycles. The van der Waals surface area contributed by atoms with E-state index in [0.717, 1.165) is 44.6 Å². The van der Waals surface area contributed by atoms with Crippen molar-refractivity contribution in [3.8, 4) is 0 Å². The molecule has 1 heterocycles. The van der Waals surface area contributed by atoms with E-state index in [2.05, 4.69) is 13.8 Å². The Bertz CT molecular complexity index is 420. The molecule has 2 aliphatic rings. The highest BCUT2D eigenvalue weighted by atomic mass is 19.4. The molecule has 160 valence electrons. The first-order valence-electron chi connectivity index (χ1n) is 10.9. The average molecular weight is 393 g/mol. The van der Waals surface area contributed by atoms with Gasteiger partial charge in [0, 0.05) is 25.7 Å². The predicted octanol–water partition coefficient (Wildman–Crippen LogP) is 5.10. The standard InChI is InChI=1S/C21H39F3N2O/c1-16(2)26-14-13-25(20(15-26)21(22,23)24)12-6-5-7-18-8-10-19(11-9-18)27-17(3)4/h16-20H,5-15H2,1-4H3. The number of alkyl halides is 3. The number of hydrogen-bond acceptors (Lipinski definition) is 3. The third kappa shape index (κ3) is 7.54. The zero-order chi connectivity index (χ0) is 20.0. The quantitative estimate of drug-likeness (QED) is 0.535. The van der Waals surface area contributed by atoms with Gasteiger partial charge in [-0.3, -0.25) is 9.80 Å². The Morgan fingerprint density at radius 3 is 2.19 bits per heavy atom. The number of nitrogens with zero attached hydrogens (tertiary/aromatic N) is 2. The Balaban J connectivity index is 1.68. The Labute approximate surface area is 163 Å². The van der Waals surface area contributed by atoms with E-state index >= 15 is 0 Å². The Kier molecular flexibility index (Phi) is 8.88. The predicted molar refractivity (Wildman–Crippen MR) is 104 cm³/mol. The fourth-order valence-corrected chi connectivity index (χ4v) is 4.58. The van der Waals surface area contributed by atoms with Gasteiger partial charge in [0.25, 0.3) is 0 Å². The molecule has 2 rings (SSSR count). The van der Waals surface area contributed by atoms with E-state index in [9.17, 15) is 13.2 Å². The van der Waals surface area contributed by atoms with Crippen molar-refractivity contribution in [1.29, 1.82) is 0 Å². The van der Waals surface area contributed by atoms with Crippen LogP contribution in [0.5, 0.6) is 0 Å². The molecule has 0 amide bonds. The van der Waals surface area contributed by atoms with Gasteiger partial charge >= 0.3 is 6.18 Å². The van der Waals surface area contributed by atoms with Crippen molar-refractivity contribution in [2.24, 2.45) is 5.92 Å². The van der Waals surface area contributed by atoms with Crippen molar-refractivity contribution < 1.29 is 17.9 Å². The van der Waals surface area contributed by atoms with Gasteiger partial charge < -0.3 is 4.74 Å². The smallest absolute Gasteiger partial charge is 0.376 e. The lowest BCUT2D eigenvalue weighted by atomic mass is 9.84. The third-order valence-electron chi connectivity index (χ3n) is 6.20. The van der Waals surface area contributed by atoms with E-state index in [1.54, 1.807) is 4.90 Å². The van der Waals surface area contributed by atoms with Crippen molar-refractivity contribution in [2.45, 2.75) is 103 Å². The Morgan fingerprint density at radius 1 is 0.963 bits per heavy atom. The average Bonchev–Trinajstić information content (AvgIpc) is 2.58. The maximum absolute atomic E-state index is 13.5. The van der Waals surface area contributed by atoms with Crippen LogP contribution in [0.4, 0.5) is 13.2 Å². The highest BCUT2D eigenvalue weighted by molar-refractivity contribution is 4.88. The minimum absolute atomic E-state index is 0.112. The molecule has 1 aliphatic carbocycles. The molecule has 3 nitrogen and oxygen atoms in total. The molecule has 1 atom stereocenters. The summed E-state index contributed by atoms with van der Waals surface area (Å²) in [6, 6.07) is -1.14. The number of piperazine rings is 1. The van der Waals surface area contributed by atoms with Crippen molar-refractivity contribution >= 4 is 0 Å². The zero-order valence-electron chi connectivity index (χ0n) is 17.6. The van der Waals surface area contributed by atoms with Crippen LogP contribution in [0.2, 0.25) is 0 Å². The van der Waals surface area contributed by atoms with Crippen LogP contribution >= 0.6 is 0 Å². The molecule has 0 aromatic carbocycles. The minimum atomic E-state index is -4.14. The molecule has 6 heteroatoms. The normalized spacial score (nSPS) is 29.0. The Hall–Kier alpha value is -0.330. The maximum Gasteiger partial charge on any atom is 0.405 e. The number of rotatable bonds is 8. The summed E-state index contributed by atoms with van der Waals surface area (Å²) in [5.74, 6) is 0.730. The van der Waals surface area contributed by atoms with E-state index in [-0.39, 0.29) is 12.6 Å². The third-order valence-corrected chi connectivity index (χ3v) is 6.20. The fourth-order valence-electron chi connectivity index (χ4n) is 4.58. The molecule has 1 aliphatic heterocycles. The van der Waals surface area contributed by atoms with Crippen molar-refractivity contribution in [1.82, 2.24) is 9.80 Å². The van der Waals surface area contributed by atoms with Gasteiger partial charge in [-0.05, 0) is 72.3 Å². The van der Waals surface area contributed by atoms with E-state index in [0.29, 0.717) is 25.3 Å². The molecule has 2 fully saturated rings. The second kappa shape index (κ2) is 10.4. The molecule has 0 spiro atoms. The maximum atomic E-state index is 13.5. The number of unbranched alkanes of at least 4 members (excludes halogenated alkanes) is 1. The van der Waals surface area contributed by atoms with Crippen LogP contribution in [-0.4, -0.2) is 66.4 Å². The van der Waals surface area contributed by atoms with Gasteiger partial charge in [-0.1, -0.05) is 12.8 Å². The molecular formula is C21H39F3N2O. The SMILES string of the molecule is CC(C)OC1CCC(CCCCN2CCN(C(C)C)CC2C(F)(F)F)CC1. The molecule has 0 aromatic rings. The van der Waals surface area contributed by atoms with Gasteiger partial charge in [-0.25, -0.2) is 0 Å². The van der Waals surface area contributed by atoms with Gasteiger partial charge in [-0.2, -0.15) is 13.2 Å². The van der Waals surface area contributed by atoms with E-state index < -0.39 is 12.2 Å². The topological polar surface area (TPSA) is 15.7 Å². The zero-order valence-corrected chi connectivity index (χ0v) is 17.6. The highest BCUT2D eigenvalue weighted by Gasteiger charge is 2.46. The lowest BCUT2D eigenvalue weighted by Crippen LogP contribution is -2.60. The minimum Gasteiger partial charge on any atom is -0.376 e. The van der Waals surface area contributed by atoms with Crippen LogP contribution in [0.1, 0.15) is 72.6 Å². The van der Waals surface area contributed by atoms with Crippen molar-refractivity contribution in [3.63, 3.8) is 0 Å². The molecule has 1 saturated heterocycles. The van der Waals surface area contributed by atoms with E-state index in [1.165, 1.54) is 12.8 Å². The largest absolute Gasteiger partial charge is 0.405 e. The van der Waals surface area contributed by atoms with Crippen LogP contribution in [-0.2, 0) is 4.74 Å². The van der Waals surface area contributed by atoms with Gasteiger partial charge in [0.15, 0.2) is 0 Å². The van der Waals surface area contributed by atoms with Gasteiger partial charge in [0.2, 0.25) is 0 Å². The van der Waals surface area contributed by atoms with E-state index in [4.69, 9.17) is 4.74 Å². The number of hydrogen-bond donors (Lipinski definition) is 0. The second-order valence-corrected chi connectivity index (χ2v) is 9.01. The molecule has 0 radical (unpaired) electrons. The first kappa shape index (κ1) is 23.0. The summed E-state index contributed by atoms with van der Waals surface area (Å²) in [7, 11) is 0. The summed E-state index contributed by atoms with van der Waals surface area (Å²) >= 11 is 0. The fraction of sp³-hybridized carbons (Fsp3) is 1.00. The van der Waals surface area contributed by atoms with E-state index in [1.807, 2.05) is 18.7 Å². The Morgan fingerprint density at radius 2 is 1.63 bits per heavy atom.